The minimum atomic E-state index is -0.00656. The highest BCUT2D eigenvalue weighted by molar-refractivity contribution is 5.95. The van der Waals surface area contributed by atoms with Crippen LogP contribution in [0.2, 0.25) is 0 Å². The lowest BCUT2D eigenvalue weighted by Crippen LogP contribution is -2.39. The molecule has 4 rings (SSSR count). The summed E-state index contributed by atoms with van der Waals surface area (Å²) < 4.78 is 16.3. The summed E-state index contributed by atoms with van der Waals surface area (Å²) in [5.41, 5.74) is 0.613. The second-order valence-electron chi connectivity index (χ2n) is 6.13. The minimum Gasteiger partial charge on any atom is -0.486 e. The molecule has 24 heavy (non-hydrogen) atoms. The maximum Gasteiger partial charge on any atom is 0.254 e. The monoisotopic (exact) mass is 329 g/mol. The first-order valence-electron chi connectivity index (χ1n) is 8.20. The van der Waals surface area contributed by atoms with Crippen LogP contribution in [0.3, 0.4) is 0 Å². The third-order valence-corrected chi connectivity index (χ3v) is 4.39. The molecule has 1 atom stereocenters. The molecule has 1 saturated heterocycles. The predicted octanol–water partition coefficient (Wildman–Crippen LogP) is 2.17. The number of rotatable bonds is 2. The molecule has 0 bridgehead atoms. The molecule has 7 nitrogen and oxygen atoms in total. The molecule has 1 amide bonds. The predicted molar refractivity (Wildman–Crippen MR) is 84.3 cm³/mol. The minimum absolute atomic E-state index is 0.00656. The van der Waals surface area contributed by atoms with Crippen LogP contribution in [-0.2, 0) is 0 Å². The number of hydrogen-bond donors (Lipinski definition) is 0. The van der Waals surface area contributed by atoms with Gasteiger partial charge in [0.25, 0.3) is 5.91 Å². The smallest absolute Gasteiger partial charge is 0.254 e. The standard InChI is InChI=1S/C17H19N3O4/c1-11-18-16(24-19-11)13-3-2-6-20(10-13)17(21)12-4-5-14-15(9-12)23-8-7-22-14/h4-5,9,13H,2-3,6-8,10H2,1H3. The van der Waals surface area contributed by atoms with Gasteiger partial charge in [0.2, 0.25) is 5.89 Å². The number of carbonyl (C=O) groups is 1. The van der Waals surface area contributed by atoms with Gasteiger partial charge in [-0.15, -0.1) is 0 Å². The average Bonchev–Trinajstić information content (AvgIpc) is 3.07. The van der Waals surface area contributed by atoms with Crippen molar-refractivity contribution >= 4 is 5.91 Å². The topological polar surface area (TPSA) is 77.7 Å². The number of nitrogens with zero attached hydrogens (tertiary/aromatic N) is 3. The van der Waals surface area contributed by atoms with E-state index in [-0.39, 0.29) is 11.8 Å². The Morgan fingerprint density at radius 2 is 2.08 bits per heavy atom. The molecule has 3 heterocycles. The highest BCUT2D eigenvalue weighted by Gasteiger charge is 2.29. The van der Waals surface area contributed by atoms with Crippen LogP contribution in [0.1, 0.15) is 40.8 Å². The number of fused-ring (bicyclic) bond motifs is 1. The molecule has 1 aromatic heterocycles. The van der Waals surface area contributed by atoms with Crippen LogP contribution in [0.25, 0.3) is 0 Å². The van der Waals surface area contributed by atoms with Crippen molar-refractivity contribution < 1.29 is 18.8 Å². The number of aryl methyl sites for hydroxylation is 1. The Morgan fingerprint density at radius 1 is 1.25 bits per heavy atom. The van der Waals surface area contributed by atoms with E-state index in [0.717, 1.165) is 19.4 Å². The first-order valence-corrected chi connectivity index (χ1v) is 8.20. The first-order chi connectivity index (χ1) is 11.7. The summed E-state index contributed by atoms with van der Waals surface area (Å²) in [5, 5.41) is 3.85. The zero-order chi connectivity index (χ0) is 16.5. The summed E-state index contributed by atoms with van der Waals surface area (Å²) in [6.07, 6.45) is 1.87. The molecule has 126 valence electrons. The fourth-order valence-electron chi connectivity index (χ4n) is 3.20. The first kappa shape index (κ1) is 15.0. The van der Waals surface area contributed by atoms with E-state index in [9.17, 15) is 4.79 Å². The number of carbonyl (C=O) groups excluding carboxylic acids is 1. The van der Waals surface area contributed by atoms with E-state index in [4.69, 9.17) is 14.0 Å². The molecule has 1 aromatic carbocycles. The highest BCUT2D eigenvalue weighted by atomic mass is 16.6. The molecule has 7 heteroatoms. The summed E-state index contributed by atoms with van der Waals surface area (Å²) in [5.74, 6) is 2.66. The lowest BCUT2D eigenvalue weighted by molar-refractivity contribution is 0.0694. The van der Waals surface area contributed by atoms with Crippen LogP contribution >= 0.6 is 0 Å². The summed E-state index contributed by atoms with van der Waals surface area (Å²) in [7, 11) is 0. The Morgan fingerprint density at radius 3 is 2.88 bits per heavy atom. The van der Waals surface area contributed by atoms with Crippen molar-refractivity contribution in [1.82, 2.24) is 15.0 Å². The Kier molecular flexibility index (Phi) is 3.84. The van der Waals surface area contributed by atoms with E-state index in [1.165, 1.54) is 0 Å². The number of piperidine rings is 1. The fraction of sp³-hybridized carbons (Fsp3) is 0.471. The van der Waals surface area contributed by atoms with E-state index in [1.54, 1.807) is 25.1 Å². The second kappa shape index (κ2) is 6.14. The molecular formula is C17H19N3O4. The molecule has 0 saturated carbocycles. The van der Waals surface area contributed by atoms with Gasteiger partial charge in [-0.3, -0.25) is 4.79 Å². The lowest BCUT2D eigenvalue weighted by atomic mass is 9.97. The van der Waals surface area contributed by atoms with Gasteiger partial charge in [0.15, 0.2) is 17.3 Å². The maximum atomic E-state index is 12.8. The molecule has 0 radical (unpaired) electrons. The molecular weight excluding hydrogens is 310 g/mol. The summed E-state index contributed by atoms with van der Waals surface area (Å²) >= 11 is 0. The number of aromatic nitrogens is 2. The van der Waals surface area contributed by atoms with Gasteiger partial charge in [-0.25, -0.2) is 0 Å². The van der Waals surface area contributed by atoms with Crippen molar-refractivity contribution in [3.63, 3.8) is 0 Å². The number of ether oxygens (including phenoxy) is 2. The van der Waals surface area contributed by atoms with Gasteiger partial charge in [0, 0.05) is 18.7 Å². The molecule has 2 aliphatic rings. The summed E-state index contributed by atoms with van der Waals surface area (Å²) in [6.45, 7) is 4.17. The van der Waals surface area contributed by atoms with Crippen LogP contribution in [0.5, 0.6) is 11.5 Å². The Bertz CT molecular complexity index is 758. The maximum absolute atomic E-state index is 12.8. The Labute approximate surface area is 139 Å². The van der Waals surface area contributed by atoms with Crippen molar-refractivity contribution in [2.75, 3.05) is 26.3 Å². The van der Waals surface area contributed by atoms with E-state index in [1.807, 2.05) is 4.90 Å². The number of benzene rings is 1. The molecule has 0 aliphatic carbocycles. The van der Waals surface area contributed by atoms with Gasteiger partial charge in [0.1, 0.15) is 13.2 Å². The molecule has 1 fully saturated rings. The molecule has 0 N–H and O–H groups in total. The van der Waals surface area contributed by atoms with Crippen molar-refractivity contribution in [2.45, 2.75) is 25.7 Å². The van der Waals surface area contributed by atoms with Gasteiger partial charge in [-0.1, -0.05) is 5.16 Å². The van der Waals surface area contributed by atoms with Crippen LogP contribution in [0.15, 0.2) is 22.7 Å². The van der Waals surface area contributed by atoms with Crippen LogP contribution in [0.4, 0.5) is 0 Å². The highest BCUT2D eigenvalue weighted by Crippen LogP contribution is 2.32. The molecule has 2 aliphatic heterocycles. The SMILES string of the molecule is Cc1noc(C2CCCN(C(=O)c3ccc4c(c3)OCCO4)C2)n1. The zero-order valence-electron chi connectivity index (χ0n) is 13.5. The summed E-state index contributed by atoms with van der Waals surface area (Å²) in [4.78, 5) is 19.0. The fourth-order valence-corrected chi connectivity index (χ4v) is 3.20. The largest absolute Gasteiger partial charge is 0.486 e. The zero-order valence-corrected chi connectivity index (χ0v) is 13.5. The van der Waals surface area contributed by atoms with Gasteiger partial charge in [-0.05, 0) is 38.0 Å². The van der Waals surface area contributed by atoms with Gasteiger partial charge in [0.05, 0.1) is 5.92 Å². The Balaban J connectivity index is 1.51. The van der Waals surface area contributed by atoms with Crippen LogP contribution in [-0.4, -0.2) is 47.3 Å². The number of likely N-dealkylation sites (tertiary alicyclic amines) is 1. The van der Waals surface area contributed by atoms with Gasteiger partial charge < -0.3 is 18.9 Å². The van der Waals surface area contributed by atoms with Gasteiger partial charge in [-0.2, -0.15) is 4.98 Å². The van der Waals surface area contributed by atoms with Gasteiger partial charge >= 0.3 is 0 Å². The second-order valence-corrected chi connectivity index (χ2v) is 6.13. The molecule has 1 unspecified atom stereocenters. The third-order valence-electron chi connectivity index (χ3n) is 4.39. The number of amides is 1. The van der Waals surface area contributed by atoms with Crippen molar-refractivity contribution in [1.29, 1.82) is 0 Å². The Hall–Kier alpha value is -2.57. The summed E-state index contributed by atoms with van der Waals surface area (Å²) in [6, 6.07) is 5.35. The quantitative estimate of drug-likeness (QED) is 0.840. The van der Waals surface area contributed by atoms with Crippen LogP contribution in [0, 0.1) is 6.92 Å². The van der Waals surface area contributed by atoms with E-state index >= 15 is 0 Å². The van der Waals surface area contributed by atoms with Crippen LogP contribution < -0.4 is 9.47 Å². The van der Waals surface area contributed by atoms with E-state index in [0.29, 0.717) is 48.5 Å². The lowest BCUT2D eigenvalue weighted by Gasteiger charge is -2.31. The molecule has 0 spiro atoms. The van der Waals surface area contributed by atoms with E-state index in [2.05, 4.69) is 10.1 Å². The van der Waals surface area contributed by atoms with Crippen molar-refractivity contribution in [3.05, 3.63) is 35.5 Å². The number of hydrogen-bond acceptors (Lipinski definition) is 6. The van der Waals surface area contributed by atoms with Crippen molar-refractivity contribution in [2.24, 2.45) is 0 Å². The third kappa shape index (κ3) is 2.81. The van der Waals surface area contributed by atoms with Crippen molar-refractivity contribution in [3.8, 4) is 11.5 Å². The molecule has 2 aromatic rings. The average molecular weight is 329 g/mol. The normalized spacial score (nSPS) is 20.0. The van der Waals surface area contributed by atoms with E-state index < -0.39 is 0 Å².